The standard InChI is InChI=1S/C16H19ClO2S/c17-13-3-1-4-14(9-13)20-11-15(18)12-5-8-19-16(10-12)6-2-7-16/h1,3-4,9,12H,2,5-8,10-11H2. The normalized spacial score (nSPS) is 24.4. The molecule has 1 aromatic rings. The number of carbonyl (C=O) groups excluding carboxylic acids is 1. The topological polar surface area (TPSA) is 26.3 Å². The molecule has 1 aliphatic heterocycles. The Bertz CT molecular complexity index is 499. The zero-order chi connectivity index (χ0) is 14.0. The quantitative estimate of drug-likeness (QED) is 0.773. The fourth-order valence-electron chi connectivity index (χ4n) is 3.05. The fraction of sp³-hybridized carbons (Fsp3) is 0.562. The summed E-state index contributed by atoms with van der Waals surface area (Å²) in [4.78, 5) is 13.4. The molecule has 2 nitrogen and oxygen atoms in total. The molecule has 1 aliphatic carbocycles. The third-order valence-corrected chi connectivity index (χ3v) is 5.64. The van der Waals surface area contributed by atoms with E-state index in [-0.39, 0.29) is 11.5 Å². The molecule has 1 saturated carbocycles. The molecule has 0 N–H and O–H groups in total. The molecule has 4 heteroatoms. The zero-order valence-corrected chi connectivity index (χ0v) is 13.0. The van der Waals surface area contributed by atoms with Crippen LogP contribution in [0.2, 0.25) is 5.02 Å². The summed E-state index contributed by atoms with van der Waals surface area (Å²) < 4.78 is 5.88. The van der Waals surface area contributed by atoms with Gasteiger partial charge in [-0.1, -0.05) is 17.7 Å². The first-order chi connectivity index (χ1) is 9.67. The molecule has 1 spiro atoms. The highest BCUT2D eigenvalue weighted by Gasteiger charge is 2.44. The smallest absolute Gasteiger partial charge is 0.146 e. The lowest BCUT2D eigenvalue weighted by Crippen LogP contribution is -2.47. The van der Waals surface area contributed by atoms with Crippen LogP contribution in [0, 0.1) is 5.92 Å². The van der Waals surface area contributed by atoms with Crippen LogP contribution in [-0.2, 0) is 9.53 Å². The monoisotopic (exact) mass is 310 g/mol. The van der Waals surface area contributed by atoms with Gasteiger partial charge in [-0.2, -0.15) is 0 Å². The number of ether oxygens (including phenoxy) is 1. The lowest BCUT2D eigenvalue weighted by molar-refractivity contribution is -0.154. The van der Waals surface area contributed by atoms with Crippen LogP contribution in [0.15, 0.2) is 29.2 Å². The molecule has 0 aromatic heterocycles. The molecule has 1 unspecified atom stereocenters. The Morgan fingerprint density at radius 1 is 1.45 bits per heavy atom. The highest BCUT2D eigenvalue weighted by molar-refractivity contribution is 8.00. The van der Waals surface area contributed by atoms with E-state index in [9.17, 15) is 4.79 Å². The number of rotatable bonds is 4. The Hall–Kier alpha value is -0.510. The van der Waals surface area contributed by atoms with Crippen molar-refractivity contribution in [3.8, 4) is 0 Å². The highest BCUT2D eigenvalue weighted by Crippen LogP contribution is 2.44. The molecule has 1 atom stereocenters. The molecule has 1 aromatic carbocycles. The Kier molecular flexibility index (Phi) is 4.39. The van der Waals surface area contributed by atoms with Gasteiger partial charge in [-0.15, -0.1) is 11.8 Å². The van der Waals surface area contributed by atoms with Crippen molar-refractivity contribution in [1.82, 2.24) is 0 Å². The van der Waals surface area contributed by atoms with Crippen molar-refractivity contribution < 1.29 is 9.53 Å². The van der Waals surface area contributed by atoms with Gasteiger partial charge in [-0.25, -0.2) is 0 Å². The second-order valence-corrected chi connectivity index (χ2v) is 7.27. The van der Waals surface area contributed by atoms with Crippen LogP contribution in [0.3, 0.4) is 0 Å². The fourth-order valence-corrected chi connectivity index (χ4v) is 4.24. The maximum absolute atomic E-state index is 12.4. The molecule has 0 amide bonds. The lowest BCUT2D eigenvalue weighted by Gasteiger charge is -2.46. The van der Waals surface area contributed by atoms with Crippen molar-refractivity contribution in [3.63, 3.8) is 0 Å². The van der Waals surface area contributed by atoms with Crippen LogP contribution >= 0.6 is 23.4 Å². The van der Waals surface area contributed by atoms with Crippen LogP contribution in [0.1, 0.15) is 32.1 Å². The highest BCUT2D eigenvalue weighted by atomic mass is 35.5. The van der Waals surface area contributed by atoms with Gasteiger partial charge in [-0.05, 0) is 50.3 Å². The number of hydrogen-bond donors (Lipinski definition) is 0. The van der Waals surface area contributed by atoms with E-state index < -0.39 is 0 Å². The van der Waals surface area contributed by atoms with E-state index in [1.165, 1.54) is 6.42 Å². The predicted molar refractivity (Wildman–Crippen MR) is 82.4 cm³/mol. The maximum Gasteiger partial charge on any atom is 0.146 e. The third kappa shape index (κ3) is 3.21. The molecule has 108 valence electrons. The molecule has 1 heterocycles. The minimum Gasteiger partial charge on any atom is -0.375 e. The molecule has 0 radical (unpaired) electrons. The number of Topliss-reactive ketones (excluding diaryl/α,β-unsaturated/α-hetero) is 1. The molecular formula is C16H19ClO2S. The summed E-state index contributed by atoms with van der Waals surface area (Å²) in [6.45, 7) is 0.748. The van der Waals surface area contributed by atoms with E-state index in [4.69, 9.17) is 16.3 Å². The van der Waals surface area contributed by atoms with Gasteiger partial charge in [0.1, 0.15) is 5.78 Å². The van der Waals surface area contributed by atoms with Gasteiger partial charge in [0.25, 0.3) is 0 Å². The van der Waals surface area contributed by atoms with Gasteiger partial charge in [-0.3, -0.25) is 4.79 Å². The van der Waals surface area contributed by atoms with E-state index in [1.807, 2.05) is 24.3 Å². The molecule has 2 aliphatic rings. The van der Waals surface area contributed by atoms with E-state index in [0.717, 1.165) is 42.2 Å². The van der Waals surface area contributed by atoms with Gasteiger partial charge >= 0.3 is 0 Å². The number of thioether (sulfide) groups is 1. The number of halogens is 1. The molecular weight excluding hydrogens is 292 g/mol. The van der Waals surface area contributed by atoms with Gasteiger partial charge < -0.3 is 4.74 Å². The van der Waals surface area contributed by atoms with Crippen LogP contribution < -0.4 is 0 Å². The summed E-state index contributed by atoms with van der Waals surface area (Å²) in [6, 6.07) is 7.69. The molecule has 20 heavy (non-hydrogen) atoms. The summed E-state index contributed by atoms with van der Waals surface area (Å²) in [5.41, 5.74) is 0.0549. The zero-order valence-electron chi connectivity index (χ0n) is 11.4. The van der Waals surface area contributed by atoms with Crippen molar-refractivity contribution in [2.45, 2.75) is 42.6 Å². The molecule has 3 rings (SSSR count). The average molecular weight is 311 g/mol. The van der Waals surface area contributed by atoms with Crippen molar-refractivity contribution >= 4 is 29.1 Å². The summed E-state index contributed by atoms with van der Waals surface area (Å²) >= 11 is 7.55. The van der Waals surface area contributed by atoms with E-state index in [2.05, 4.69) is 0 Å². The SMILES string of the molecule is O=C(CSc1cccc(Cl)c1)C1CCOC2(CCC2)C1. The first kappa shape index (κ1) is 14.4. The van der Waals surface area contributed by atoms with Gasteiger partial charge in [0.15, 0.2) is 0 Å². The summed E-state index contributed by atoms with van der Waals surface area (Å²) in [5, 5.41) is 0.724. The largest absolute Gasteiger partial charge is 0.375 e. The van der Waals surface area contributed by atoms with Gasteiger partial charge in [0, 0.05) is 22.4 Å². The number of ketones is 1. The molecule has 0 bridgehead atoms. The Balaban J connectivity index is 1.54. The van der Waals surface area contributed by atoms with E-state index in [0.29, 0.717) is 11.5 Å². The summed E-state index contributed by atoms with van der Waals surface area (Å²) in [7, 11) is 0. The van der Waals surface area contributed by atoms with Crippen LogP contribution in [-0.4, -0.2) is 23.7 Å². The second kappa shape index (κ2) is 6.08. The first-order valence-corrected chi connectivity index (χ1v) is 8.58. The van der Waals surface area contributed by atoms with Gasteiger partial charge in [0.2, 0.25) is 0 Å². The minimum atomic E-state index is 0.0549. The van der Waals surface area contributed by atoms with E-state index >= 15 is 0 Å². The lowest BCUT2D eigenvalue weighted by atomic mass is 9.71. The Morgan fingerprint density at radius 2 is 2.30 bits per heavy atom. The Labute approximate surface area is 129 Å². The van der Waals surface area contributed by atoms with Gasteiger partial charge in [0.05, 0.1) is 11.4 Å². The second-order valence-electron chi connectivity index (χ2n) is 5.79. The van der Waals surface area contributed by atoms with Crippen molar-refractivity contribution in [2.24, 2.45) is 5.92 Å². The first-order valence-electron chi connectivity index (χ1n) is 7.22. The van der Waals surface area contributed by atoms with Crippen molar-refractivity contribution in [2.75, 3.05) is 12.4 Å². The molecule has 2 fully saturated rings. The number of hydrogen-bond acceptors (Lipinski definition) is 3. The van der Waals surface area contributed by atoms with Crippen molar-refractivity contribution in [3.05, 3.63) is 29.3 Å². The Morgan fingerprint density at radius 3 is 3.00 bits per heavy atom. The summed E-state index contributed by atoms with van der Waals surface area (Å²) in [6.07, 6.45) is 5.34. The van der Waals surface area contributed by atoms with Crippen LogP contribution in [0.5, 0.6) is 0 Å². The minimum absolute atomic E-state index is 0.0549. The predicted octanol–water partition coefficient (Wildman–Crippen LogP) is 4.35. The van der Waals surface area contributed by atoms with Crippen LogP contribution in [0.4, 0.5) is 0 Å². The number of carbonyl (C=O) groups is 1. The third-order valence-electron chi connectivity index (χ3n) is 4.39. The van der Waals surface area contributed by atoms with E-state index in [1.54, 1.807) is 11.8 Å². The average Bonchev–Trinajstić information content (AvgIpc) is 2.43. The van der Waals surface area contributed by atoms with Crippen LogP contribution in [0.25, 0.3) is 0 Å². The molecule has 1 saturated heterocycles. The maximum atomic E-state index is 12.4. The number of benzene rings is 1. The van der Waals surface area contributed by atoms with Crippen molar-refractivity contribution in [1.29, 1.82) is 0 Å². The summed E-state index contributed by atoms with van der Waals surface area (Å²) in [5.74, 6) is 1.10.